The van der Waals surface area contributed by atoms with Crippen molar-refractivity contribution in [2.45, 2.75) is 71.8 Å². The first-order valence-corrected chi connectivity index (χ1v) is 7.57. The molecule has 0 aromatic carbocycles. The Morgan fingerprint density at radius 3 is 2.28 bits per heavy atom. The molecule has 0 radical (unpaired) electrons. The van der Waals surface area contributed by atoms with Crippen molar-refractivity contribution in [2.75, 3.05) is 13.1 Å². The molecule has 1 N–H and O–H groups in total. The van der Waals surface area contributed by atoms with Crippen LogP contribution in [-0.2, 0) is 4.79 Å². The van der Waals surface area contributed by atoms with Crippen molar-refractivity contribution < 1.29 is 9.90 Å². The minimum Gasteiger partial charge on any atom is -0.481 e. The maximum atomic E-state index is 11.6. The van der Waals surface area contributed by atoms with E-state index in [0.29, 0.717) is 6.04 Å². The number of nitrogens with zero attached hydrogens (tertiary/aromatic N) is 1. The van der Waals surface area contributed by atoms with Crippen molar-refractivity contribution in [3.05, 3.63) is 0 Å². The summed E-state index contributed by atoms with van der Waals surface area (Å²) in [6.07, 6.45) is 7.41. The number of rotatable bonds is 8. The van der Waals surface area contributed by atoms with Crippen molar-refractivity contribution in [3.63, 3.8) is 0 Å². The van der Waals surface area contributed by atoms with E-state index in [1.54, 1.807) is 0 Å². The lowest BCUT2D eigenvalue weighted by Gasteiger charge is -2.30. The first-order valence-electron chi connectivity index (χ1n) is 7.57. The van der Waals surface area contributed by atoms with Gasteiger partial charge in [0, 0.05) is 12.6 Å². The molecular formula is C15H29NO2. The van der Waals surface area contributed by atoms with Gasteiger partial charge >= 0.3 is 5.97 Å². The molecule has 3 heteroatoms. The van der Waals surface area contributed by atoms with E-state index in [2.05, 4.69) is 25.7 Å². The molecule has 1 rings (SSSR count). The van der Waals surface area contributed by atoms with Crippen LogP contribution in [0.4, 0.5) is 0 Å². The summed E-state index contributed by atoms with van der Waals surface area (Å²) in [5.41, 5.74) is -0.464. The van der Waals surface area contributed by atoms with Crippen LogP contribution < -0.4 is 0 Å². The average Bonchev–Trinajstić information content (AvgIpc) is 2.75. The zero-order valence-electron chi connectivity index (χ0n) is 12.2. The maximum Gasteiger partial charge on any atom is 0.310 e. The molecule has 106 valence electrons. The van der Waals surface area contributed by atoms with E-state index >= 15 is 0 Å². The van der Waals surface area contributed by atoms with Crippen LogP contribution in [0.25, 0.3) is 0 Å². The highest BCUT2D eigenvalue weighted by atomic mass is 16.4. The summed E-state index contributed by atoms with van der Waals surface area (Å²) in [6, 6.07) is 0.595. The fourth-order valence-corrected chi connectivity index (χ4v) is 3.36. The number of likely N-dealkylation sites (tertiary alicyclic amines) is 1. The molecule has 0 bridgehead atoms. The van der Waals surface area contributed by atoms with Gasteiger partial charge in [-0.05, 0) is 32.2 Å². The maximum absolute atomic E-state index is 11.6. The molecule has 1 heterocycles. The number of carboxylic acid groups (broad SMARTS) is 1. The quantitative estimate of drug-likeness (QED) is 0.721. The first kappa shape index (κ1) is 15.5. The molecule has 1 aliphatic rings. The molecule has 1 saturated heterocycles. The Balaban J connectivity index is 2.68. The Morgan fingerprint density at radius 1 is 1.22 bits per heavy atom. The SMILES string of the molecule is CCCC(CCC)N1CCC(CCC)(C(=O)O)C1. The molecule has 0 amide bonds. The number of aliphatic carboxylic acids is 1. The summed E-state index contributed by atoms with van der Waals surface area (Å²) in [5, 5.41) is 9.53. The van der Waals surface area contributed by atoms with Crippen LogP contribution in [0, 0.1) is 5.41 Å². The van der Waals surface area contributed by atoms with Gasteiger partial charge in [0.1, 0.15) is 0 Å². The molecule has 0 aliphatic carbocycles. The Kier molecular flexibility index (Phi) is 6.13. The largest absolute Gasteiger partial charge is 0.481 e. The molecule has 1 fully saturated rings. The van der Waals surface area contributed by atoms with Crippen molar-refractivity contribution >= 4 is 5.97 Å². The Hall–Kier alpha value is -0.570. The van der Waals surface area contributed by atoms with Gasteiger partial charge in [-0.3, -0.25) is 9.69 Å². The van der Waals surface area contributed by atoms with Crippen LogP contribution >= 0.6 is 0 Å². The zero-order chi connectivity index (χ0) is 13.6. The molecule has 0 aromatic heterocycles. The van der Waals surface area contributed by atoms with Crippen molar-refractivity contribution in [1.29, 1.82) is 0 Å². The van der Waals surface area contributed by atoms with Crippen molar-refractivity contribution in [3.8, 4) is 0 Å². The first-order chi connectivity index (χ1) is 8.59. The van der Waals surface area contributed by atoms with Crippen LogP contribution in [0.5, 0.6) is 0 Å². The molecule has 0 aromatic rings. The third-order valence-electron chi connectivity index (χ3n) is 4.33. The smallest absolute Gasteiger partial charge is 0.310 e. The monoisotopic (exact) mass is 255 g/mol. The number of hydrogen-bond acceptors (Lipinski definition) is 2. The van der Waals surface area contributed by atoms with Gasteiger partial charge in [0.15, 0.2) is 0 Å². The molecule has 18 heavy (non-hydrogen) atoms. The predicted molar refractivity (Wildman–Crippen MR) is 74.8 cm³/mol. The fraction of sp³-hybridized carbons (Fsp3) is 0.933. The van der Waals surface area contributed by atoms with E-state index in [-0.39, 0.29) is 0 Å². The minimum absolute atomic E-state index is 0.464. The molecule has 1 aliphatic heterocycles. The van der Waals surface area contributed by atoms with E-state index in [1.807, 2.05) is 0 Å². The van der Waals surface area contributed by atoms with E-state index < -0.39 is 11.4 Å². The van der Waals surface area contributed by atoms with Crippen molar-refractivity contribution in [2.24, 2.45) is 5.41 Å². The van der Waals surface area contributed by atoms with Gasteiger partial charge in [0.05, 0.1) is 5.41 Å². The summed E-state index contributed by atoms with van der Waals surface area (Å²) >= 11 is 0. The topological polar surface area (TPSA) is 40.5 Å². The molecule has 1 unspecified atom stereocenters. The van der Waals surface area contributed by atoms with Crippen LogP contribution in [-0.4, -0.2) is 35.1 Å². The van der Waals surface area contributed by atoms with Gasteiger partial charge in [-0.25, -0.2) is 0 Å². The minimum atomic E-state index is -0.585. The third-order valence-corrected chi connectivity index (χ3v) is 4.33. The lowest BCUT2D eigenvalue weighted by molar-refractivity contribution is -0.148. The van der Waals surface area contributed by atoms with E-state index in [9.17, 15) is 9.90 Å². The molecular weight excluding hydrogens is 226 g/mol. The molecule has 1 atom stereocenters. The summed E-state index contributed by atoms with van der Waals surface area (Å²) < 4.78 is 0. The van der Waals surface area contributed by atoms with E-state index in [0.717, 1.165) is 32.4 Å². The standard InChI is InChI=1S/C15H29NO2/c1-4-7-13(8-5-2)16-11-10-15(12-16,9-6-3)14(17)18/h13H,4-12H2,1-3H3,(H,17,18). The molecule has 0 saturated carbocycles. The predicted octanol–water partition coefficient (Wildman–Crippen LogP) is 3.53. The lowest BCUT2D eigenvalue weighted by Crippen LogP contribution is -2.39. The summed E-state index contributed by atoms with van der Waals surface area (Å²) in [6.45, 7) is 8.26. The second kappa shape index (κ2) is 7.13. The summed E-state index contributed by atoms with van der Waals surface area (Å²) in [7, 11) is 0. The molecule has 0 spiro atoms. The highest BCUT2D eigenvalue weighted by Crippen LogP contribution is 2.37. The number of hydrogen-bond donors (Lipinski definition) is 1. The zero-order valence-corrected chi connectivity index (χ0v) is 12.2. The van der Waals surface area contributed by atoms with Gasteiger partial charge < -0.3 is 5.11 Å². The second-order valence-corrected chi connectivity index (χ2v) is 5.79. The van der Waals surface area contributed by atoms with E-state index in [4.69, 9.17) is 0 Å². The fourth-order valence-electron chi connectivity index (χ4n) is 3.36. The Labute approximate surface area is 112 Å². The third kappa shape index (κ3) is 3.47. The summed E-state index contributed by atoms with van der Waals surface area (Å²) in [5.74, 6) is -0.585. The van der Waals surface area contributed by atoms with Crippen LogP contribution in [0.2, 0.25) is 0 Å². The van der Waals surface area contributed by atoms with Crippen LogP contribution in [0.15, 0.2) is 0 Å². The Bertz CT molecular complexity index is 261. The molecule has 3 nitrogen and oxygen atoms in total. The average molecular weight is 255 g/mol. The van der Waals surface area contributed by atoms with Crippen LogP contribution in [0.1, 0.15) is 65.7 Å². The van der Waals surface area contributed by atoms with E-state index in [1.165, 1.54) is 25.7 Å². The Morgan fingerprint density at radius 2 is 1.83 bits per heavy atom. The normalized spacial score (nSPS) is 24.9. The highest BCUT2D eigenvalue weighted by molar-refractivity contribution is 5.75. The van der Waals surface area contributed by atoms with Crippen LogP contribution in [0.3, 0.4) is 0 Å². The number of carbonyl (C=O) groups is 1. The van der Waals surface area contributed by atoms with Gasteiger partial charge in [-0.2, -0.15) is 0 Å². The summed E-state index contributed by atoms with van der Waals surface area (Å²) in [4.78, 5) is 14.0. The van der Waals surface area contributed by atoms with Gasteiger partial charge in [0.2, 0.25) is 0 Å². The highest BCUT2D eigenvalue weighted by Gasteiger charge is 2.45. The van der Waals surface area contributed by atoms with Gasteiger partial charge in [-0.15, -0.1) is 0 Å². The lowest BCUT2D eigenvalue weighted by atomic mass is 9.82. The second-order valence-electron chi connectivity index (χ2n) is 5.79. The number of carboxylic acids is 1. The van der Waals surface area contributed by atoms with Gasteiger partial charge in [0.25, 0.3) is 0 Å². The van der Waals surface area contributed by atoms with Crippen molar-refractivity contribution in [1.82, 2.24) is 4.90 Å². The van der Waals surface area contributed by atoms with Gasteiger partial charge in [-0.1, -0.05) is 40.0 Å².